The molecule has 0 bridgehead atoms. The van der Waals surface area contributed by atoms with Gasteiger partial charge < -0.3 is 14.6 Å². The smallest absolute Gasteiger partial charge is 0.254 e. The van der Waals surface area contributed by atoms with E-state index < -0.39 is 0 Å². The zero-order valence-corrected chi connectivity index (χ0v) is 13.8. The molecule has 1 aliphatic rings. The van der Waals surface area contributed by atoms with Crippen LogP contribution in [-0.2, 0) is 11.2 Å². The molecule has 2 amide bonds. The summed E-state index contributed by atoms with van der Waals surface area (Å²) in [6.07, 6.45) is 2.82. The topological polar surface area (TPSA) is 62.6 Å². The summed E-state index contributed by atoms with van der Waals surface area (Å²) in [6.45, 7) is 3.75. The summed E-state index contributed by atoms with van der Waals surface area (Å²) in [6, 6.07) is 11.9. The Labute approximate surface area is 141 Å². The van der Waals surface area contributed by atoms with Crippen molar-refractivity contribution < 1.29 is 14.0 Å². The predicted octanol–water partition coefficient (Wildman–Crippen LogP) is 2.41. The van der Waals surface area contributed by atoms with Gasteiger partial charge in [-0.25, -0.2) is 0 Å². The number of likely N-dealkylation sites (tertiary alicyclic amines) is 1. The zero-order valence-electron chi connectivity index (χ0n) is 13.8. The lowest BCUT2D eigenvalue weighted by Gasteiger charge is -2.16. The second kappa shape index (κ2) is 7.34. The van der Waals surface area contributed by atoms with Gasteiger partial charge in [-0.2, -0.15) is 0 Å². The summed E-state index contributed by atoms with van der Waals surface area (Å²) in [4.78, 5) is 26.0. The second-order valence-electron chi connectivity index (χ2n) is 6.30. The average Bonchev–Trinajstić information content (AvgIpc) is 3.17. The molecule has 2 aromatic rings. The number of nitrogens with zero attached hydrogens (tertiary/aromatic N) is 1. The van der Waals surface area contributed by atoms with E-state index in [0.29, 0.717) is 30.8 Å². The molecule has 5 heteroatoms. The molecule has 1 aromatic carbocycles. The van der Waals surface area contributed by atoms with Gasteiger partial charge in [0, 0.05) is 32.0 Å². The Balaban J connectivity index is 1.45. The largest absolute Gasteiger partial charge is 0.469 e. The van der Waals surface area contributed by atoms with Crippen LogP contribution in [0.4, 0.5) is 0 Å². The number of hydrogen-bond donors (Lipinski definition) is 1. The highest BCUT2D eigenvalue weighted by Crippen LogP contribution is 2.18. The lowest BCUT2D eigenvalue weighted by molar-refractivity contribution is -0.127. The van der Waals surface area contributed by atoms with E-state index in [1.807, 2.05) is 23.1 Å². The number of amides is 2. The maximum absolute atomic E-state index is 12.1. The molecule has 1 aromatic heterocycles. The number of carbonyl (C=O) groups excluding carboxylic acids is 2. The van der Waals surface area contributed by atoms with E-state index in [-0.39, 0.29) is 17.7 Å². The SMILES string of the molecule is Cc1cc(C(=O)NCC2CC(=O)N(CCc3ccccc3)C2)co1. The molecule has 0 spiro atoms. The Bertz CT molecular complexity index is 708. The maximum Gasteiger partial charge on any atom is 0.254 e. The molecule has 1 N–H and O–H groups in total. The molecule has 126 valence electrons. The van der Waals surface area contributed by atoms with Crippen molar-refractivity contribution in [3.8, 4) is 0 Å². The number of carbonyl (C=O) groups is 2. The van der Waals surface area contributed by atoms with Crippen molar-refractivity contribution in [1.82, 2.24) is 10.2 Å². The summed E-state index contributed by atoms with van der Waals surface area (Å²) < 4.78 is 5.14. The van der Waals surface area contributed by atoms with E-state index in [4.69, 9.17) is 4.42 Å². The van der Waals surface area contributed by atoms with Crippen LogP contribution in [0.15, 0.2) is 47.1 Å². The Hall–Kier alpha value is -2.56. The minimum Gasteiger partial charge on any atom is -0.469 e. The number of nitrogens with one attached hydrogen (secondary N) is 1. The van der Waals surface area contributed by atoms with Crippen molar-refractivity contribution in [2.45, 2.75) is 19.8 Å². The molecule has 0 saturated carbocycles. The van der Waals surface area contributed by atoms with Gasteiger partial charge >= 0.3 is 0 Å². The first kappa shape index (κ1) is 16.3. The van der Waals surface area contributed by atoms with Crippen LogP contribution in [0.3, 0.4) is 0 Å². The van der Waals surface area contributed by atoms with Gasteiger partial charge in [0.2, 0.25) is 5.91 Å². The van der Waals surface area contributed by atoms with E-state index in [0.717, 1.165) is 13.0 Å². The van der Waals surface area contributed by atoms with Crippen LogP contribution in [0, 0.1) is 12.8 Å². The van der Waals surface area contributed by atoms with E-state index in [1.165, 1.54) is 11.8 Å². The van der Waals surface area contributed by atoms with Crippen LogP contribution in [0.5, 0.6) is 0 Å². The normalized spacial score (nSPS) is 17.3. The number of hydrogen-bond acceptors (Lipinski definition) is 3. The third-order valence-electron chi connectivity index (χ3n) is 4.35. The summed E-state index contributed by atoms with van der Waals surface area (Å²) in [5, 5.41) is 2.89. The third kappa shape index (κ3) is 4.04. The zero-order chi connectivity index (χ0) is 16.9. The Morgan fingerprint density at radius 2 is 2.12 bits per heavy atom. The highest BCUT2D eigenvalue weighted by atomic mass is 16.3. The average molecular weight is 326 g/mol. The quantitative estimate of drug-likeness (QED) is 0.887. The van der Waals surface area contributed by atoms with Crippen molar-refractivity contribution in [2.75, 3.05) is 19.6 Å². The van der Waals surface area contributed by atoms with Gasteiger partial charge in [-0.1, -0.05) is 30.3 Å². The van der Waals surface area contributed by atoms with Crippen molar-refractivity contribution in [3.63, 3.8) is 0 Å². The summed E-state index contributed by atoms with van der Waals surface area (Å²) in [5.41, 5.74) is 1.76. The van der Waals surface area contributed by atoms with Gasteiger partial charge in [0.15, 0.2) is 0 Å². The molecule has 3 rings (SSSR count). The molecule has 2 heterocycles. The van der Waals surface area contributed by atoms with Crippen molar-refractivity contribution in [2.24, 2.45) is 5.92 Å². The molecule has 5 nitrogen and oxygen atoms in total. The summed E-state index contributed by atoms with van der Waals surface area (Å²) in [5.74, 6) is 0.903. The fourth-order valence-electron chi connectivity index (χ4n) is 3.02. The molecule has 24 heavy (non-hydrogen) atoms. The number of rotatable bonds is 6. The predicted molar refractivity (Wildman–Crippen MR) is 90.6 cm³/mol. The van der Waals surface area contributed by atoms with Crippen LogP contribution in [0.2, 0.25) is 0 Å². The molecule has 1 saturated heterocycles. The van der Waals surface area contributed by atoms with Crippen LogP contribution < -0.4 is 5.32 Å². The molecule has 0 aliphatic carbocycles. The molecule has 1 atom stereocenters. The Kier molecular flexibility index (Phi) is 4.99. The summed E-state index contributed by atoms with van der Waals surface area (Å²) in [7, 11) is 0. The molecular weight excluding hydrogens is 304 g/mol. The first-order valence-corrected chi connectivity index (χ1v) is 8.27. The summed E-state index contributed by atoms with van der Waals surface area (Å²) >= 11 is 0. The van der Waals surface area contributed by atoms with Gasteiger partial charge in [-0.05, 0) is 25.0 Å². The van der Waals surface area contributed by atoms with E-state index >= 15 is 0 Å². The number of furan rings is 1. The van der Waals surface area contributed by atoms with E-state index in [1.54, 1.807) is 13.0 Å². The first-order chi connectivity index (χ1) is 11.6. The van der Waals surface area contributed by atoms with Gasteiger partial charge in [-0.15, -0.1) is 0 Å². The first-order valence-electron chi connectivity index (χ1n) is 8.27. The van der Waals surface area contributed by atoms with Crippen LogP contribution in [0.25, 0.3) is 0 Å². The third-order valence-corrected chi connectivity index (χ3v) is 4.35. The fraction of sp³-hybridized carbons (Fsp3) is 0.368. The highest BCUT2D eigenvalue weighted by Gasteiger charge is 2.29. The molecule has 1 unspecified atom stereocenters. The highest BCUT2D eigenvalue weighted by molar-refractivity contribution is 5.94. The number of benzene rings is 1. The Morgan fingerprint density at radius 3 is 2.83 bits per heavy atom. The standard InChI is InChI=1S/C19H22N2O3/c1-14-9-17(13-24-14)19(23)20-11-16-10-18(22)21(12-16)8-7-15-5-3-2-4-6-15/h2-6,9,13,16H,7-8,10-12H2,1H3,(H,20,23). The monoisotopic (exact) mass is 326 g/mol. The van der Waals surface area contributed by atoms with Crippen LogP contribution in [-0.4, -0.2) is 36.3 Å². The van der Waals surface area contributed by atoms with Crippen molar-refractivity contribution >= 4 is 11.8 Å². The van der Waals surface area contributed by atoms with E-state index in [2.05, 4.69) is 17.4 Å². The van der Waals surface area contributed by atoms with Gasteiger partial charge in [-0.3, -0.25) is 9.59 Å². The van der Waals surface area contributed by atoms with Crippen molar-refractivity contribution in [1.29, 1.82) is 0 Å². The van der Waals surface area contributed by atoms with Crippen LogP contribution >= 0.6 is 0 Å². The maximum atomic E-state index is 12.1. The minimum absolute atomic E-state index is 0.151. The molecular formula is C19H22N2O3. The van der Waals surface area contributed by atoms with Crippen molar-refractivity contribution in [3.05, 3.63) is 59.5 Å². The number of aryl methyl sites for hydroxylation is 1. The second-order valence-corrected chi connectivity index (χ2v) is 6.30. The lowest BCUT2D eigenvalue weighted by atomic mass is 10.1. The van der Waals surface area contributed by atoms with Crippen LogP contribution in [0.1, 0.15) is 28.1 Å². The molecule has 1 aliphatic heterocycles. The molecule has 1 fully saturated rings. The van der Waals surface area contributed by atoms with E-state index in [9.17, 15) is 9.59 Å². The fourth-order valence-corrected chi connectivity index (χ4v) is 3.02. The van der Waals surface area contributed by atoms with Gasteiger partial charge in [0.05, 0.1) is 5.56 Å². The Morgan fingerprint density at radius 1 is 1.33 bits per heavy atom. The molecule has 0 radical (unpaired) electrons. The van der Waals surface area contributed by atoms with Gasteiger partial charge in [0.25, 0.3) is 5.91 Å². The van der Waals surface area contributed by atoms with Gasteiger partial charge in [0.1, 0.15) is 12.0 Å². The minimum atomic E-state index is -0.151. The lowest BCUT2D eigenvalue weighted by Crippen LogP contribution is -2.31.